The van der Waals surface area contributed by atoms with Crippen LogP contribution >= 0.6 is 0 Å². The number of carbonyl (C=O) groups is 1. The van der Waals surface area contributed by atoms with Crippen LogP contribution in [0.2, 0.25) is 0 Å². The predicted octanol–water partition coefficient (Wildman–Crippen LogP) is 5.49. The van der Waals surface area contributed by atoms with Gasteiger partial charge in [0.05, 0.1) is 12.7 Å². The molecule has 142 valence electrons. The standard InChI is InChI=1S/C25H30O2/c1-25-14-13-21-20-10-8-19(26)15-18(20)7-9-22(21)23(25)11-12-24(25)27-16-17-5-3-2-4-6-17/h2-7,9,15,20-24H,8,10-14,16H2,1H3/t20-,21+,22+,23-,24-,25-/m0/s1. The van der Waals surface area contributed by atoms with Crippen LogP contribution in [0.1, 0.15) is 51.0 Å². The maximum absolute atomic E-state index is 11.8. The van der Waals surface area contributed by atoms with Gasteiger partial charge in [-0.15, -0.1) is 0 Å². The molecular formula is C25H30O2. The molecule has 2 fully saturated rings. The van der Waals surface area contributed by atoms with E-state index >= 15 is 0 Å². The summed E-state index contributed by atoms with van der Waals surface area (Å²) in [6, 6.07) is 10.6. The fourth-order valence-electron chi connectivity index (χ4n) is 6.65. The summed E-state index contributed by atoms with van der Waals surface area (Å²) in [6.45, 7) is 3.22. The summed E-state index contributed by atoms with van der Waals surface area (Å²) in [5, 5.41) is 0. The highest BCUT2D eigenvalue weighted by atomic mass is 16.5. The van der Waals surface area contributed by atoms with Gasteiger partial charge in [0.2, 0.25) is 0 Å². The molecule has 1 aromatic carbocycles. The van der Waals surface area contributed by atoms with Gasteiger partial charge < -0.3 is 4.74 Å². The van der Waals surface area contributed by atoms with Crippen LogP contribution in [0.3, 0.4) is 0 Å². The minimum absolute atomic E-state index is 0.298. The molecule has 2 heteroatoms. The number of ether oxygens (including phenoxy) is 1. The van der Waals surface area contributed by atoms with Crippen LogP contribution in [0.5, 0.6) is 0 Å². The van der Waals surface area contributed by atoms with Crippen molar-refractivity contribution in [2.75, 3.05) is 0 Å². The number of allylic oxidation sites excluding steroid dienone is 4. The fraction of sp³-hybridized carbons (Fsp3) is 0.560. The SMILES string of the molecule is C[C@]12CC[C@H]3[C@@H](C=CC4=CC(=O)CC[C@@H]43)[C@@H]1CC[C@@H]2OCc1ccccc1. The highest BCUT2D eigenvalue weighted by molar-refractivity contribution is 5.91. The van der Waals surface area contributed by atoms with Gasteiger partial charge in [0, 0.05) is 6.42 Å². The summed E-state index contributed by atoms with van der Waals surface area (Å²) in [4.78, 5) is 11.8. The van der Waals surface area contributed by atoms with Crippen LogP contribution in [-0.2, 0) is 16.1 Å². The molecule has 0 spiro atoms. The molecule has 0 amide bonds. The molecule has 0 radical (unpaired) electrons. The minimum atomic E-state index is 0.298. The third kappa shape index (κ3) is 2.93. The van der Waals surface area contributed by atoms with Crippen molar-refractivity contribution >= 4 is 5.78 Å². The van der Waals surface area contributed by atoms with E-state index < -0.39 is 0 Å². The zero-order chi connectivity index (χ0) is 18.4. The fourth-order valence-corrected chi connectivity index (χ4v) is 6.65. The van der Waals surface area contributed by atoms with E-state index in [0.29, 0.717) is 29.1 Å². The Morgan fingerprint density at radius 2 is 1.96 bits per heavy atom. The van der Waals surface area contributed by atoms with Gasteiger partial charge in [-0.2, -0.15) is 0 Å². The summed E-state index contributed by atoms with van der Waals surface area (Å²) < 4.78 is 6.48. The molecule has 0 N–H and O–H groups in total. The first-order valence-corrected chi connectivity index (χ1v) is 10.7. The second-order valence-electron chi connectivity index (χ2n) is 9.37. The number of rotatable bonds is 3. The highest BCUT2D eigenvalue weighted by Gasteiger charge is 2.55. The van der Waals surface area contributed by atoms with Crippen LogP contribution in [0.4, 0.5) is 0 Å². The Bertz CT molecular complexity index is 777. The summed E-state index contributed by atoms with van der Waals surface area (Å²) >= 11 is 0. The van der Waals surface area contributed by atoms with Crippen molar-refractivity contribution in [1.82, 2.24) is 0 Å². The van der Waals surface area contributed by atoms with Crippen molar-refractivity contribution in [2.45, 2.75) is 58.2 Å². The second kappa shape index (κ2) is 6.74. The summed E-state index contributed by atoms with van der Waals surface area (Å²) in [7, 11) is 0. The molecule has 0 unspecified atom stereocenters. The molecule has 5 rings (SSSR count). The van der Waals surface area contributed by atoms with Gasteiger partial charge >= 0.3 is 0 Å². The van der Waals surface area contributed by atoms with Crippen molar-refractivity contribution in [3.8, 4) is 0 Å². The van der Waals surface area contributed by atoms with Crippen molar-refractivity contribution in [2.24, 2.45) is 29.1 Å². The van der Waals surface area contributed by atoms with Crippen molar-refractivity contribution in [1.29, 1.82) is 0 Å². The van der Waals surface area contributed by atoms with E-state index in [1.54, 1.807) is 0 Å². The third-order valence-electron chi connectivity index (χ3n) is 8.08. The largest absolute Gasteiger partial charge is 0.373 e. The zero-order valence-corrected chi connectivity index (χ0v) is 16.3. The molecular weight excluding hydrogens is 332 g/mol. The topological polar surface area (TPSA) is 26.3 Å². The van der Waals surface area contributed by atoms with Crippen molar-refractivity contribution in [3.63, 3.8) is 0 Å². The van der Waals surface area contributed by atoms with E-state index in [-0.39, 0.29) is 0 Å². The number of ketones is 1. The van der Waals surface area contributed by atoms with Crippen molar-refractivity contribution in [3.05, 3.63) is 59.7 Å². The van der Waals surface area contributed by atoms with Gasteiger partial charge in [-0.3, -0.25) is 4.79 Å². The van der Waals surface area contributed by atoms with E-state index in [1.807, 2.05) is 6.08 Å². The van der Waals surface area contributed by atoms with E-state index in [0.717, 1.165) is 31.3 Å². The monoisotopic (exact) mass is 362 g/mol. The Hall–Kier alpha value is -1.67. The number of hydrogen-bond acceptors (Lipinski definition) is 2. The minimum Gasteiger partial charge on any atom is -0.373 e. The lowest BCUT2D eigenvalue weighted by atomic mass is 9.54. The lowest BCUT2D eigenvalue weighted by Gasteiger charge is -2.51. The first-order chi connectivity index (χ1) is 13.1. The Morgan fingerprint density at radius 1 is 1.11 bits per heavy atom. The van der Waals surface area contributed by atoms with Gasteiger partial charge in [-0.05, 0) is 78.4 Å². The molecule has 2 nitrogen and oxygen atoms in total. The molecule has 0 aliphatic heterocycles. The Kier molecular flexibility index (Phi) is 4.35. The van der Waals surface area contributed by atoms with E-state index in [2.05, 4.69) is 49.4 Å². The van der Waals surface area contributed by atoms with Crippen LogP contribution in [-0.4, -0.2) is 11.9 Å². The molecule has 4 aliphatic carbocycles. The maximum atomic E-state index is 11.8. The maximum Gasteiger partial charge on any atom is 0.155 e. The van der Waals surface area contributed by atoms with Crippen molar-refractivity contribution < 1.29 is 9.53 Å². The smallest absolute Gasteiger partial charge is 0.155 e. The molecule has 4 aliphatic rings. The average molecular weight is 363 g/mol. The second-order valence-corrected chi connectivity index (χ2v) is 9.37. The first kappa shape index (κ1) is 17.4. The van der Waals surface area contributed by atoms with Gasteiger partial charge in [0.1, 0.15) is 0 Å². The number of carbonyl (C=O) groups excluding carboxylic acids is 1. The Morgan fingerprint density at radius 3 is 2.81 bits per heavy atom. The van der Waals surface area contributed by atoms with Gasteiger partial charge in [-0.25, -0.2) is 0 Å². The van der Waals surface area contributed by atoms with Crippen LogP contribution < -0.4 is 0 Å². The molecule has 0 bridgehead atoms. The lowest BCUT2D eigenvalue weighted by molar-refractivity contribution is -0.115. The van der Waals surface area contributed by atoms with Crippen LogP contribution in [0.15, 0.2) is 54.1 Å². The predicted molar refractivity (Wildman–Crippen MR) is 107 cm³/mol. The molecule has 27 heavy (non-hydrogen) atoms. The van der Waals surface area contributed by atoms with E-state index in [1.165, 1.54) is 36.8 Å². The Balaban J connectivity index is 1.34. The molecule has 2 saturated carbocycles. The molecule has 1 aromatic rings. The average Bonchev–Trinajstić information content (AvgIpc) is 3.03. The molecule has 0 aromatic heterocycles. The number of fused-ring (bicyclic) bond motifs is 5. The lowest BCUT2D eigenvalue weighted by Crippen LogP contribution is -2.46. The molecule has 6 atom stereocenters. The van der Waals surface area contributed by atoms with Gasteiger partial charge in [0.25, 0.3) is 0 Å². The zero-order valence-electron chi connectivity index (χ0n) is 16.3. The van der Waals surface area contributed by atoms with E-state index in [9.17, 15) is 4.79 Å². The number of hydrogen-bond donors (Lipinski definition) is 0. The third-order valence-corrected chi connectivity index (χ3v) is 8.08. The summed E-state index contributed by atoms with van der Waals surface area (Å²) in [5.74, 6) is 3.07. The molecule has 0 saturated heterocycles. The Labute approximate surface area is 162 Å². The molecule has 0 heterocycles. The number of benzene rings is 1. The normalized spacial score (nSPS) is 40.1. The van der Waals surface area contributed by atoms with E-state index in [4.69, 9.17) is 4.74 Å². The van der Waals surface area contributed by atoms with Crippen LogP contribution in [0, 0.1) is 29.1 Å². The first-order valence-electron chi connectivity index (χ1n) is 10.7. The van der Waals surface area contributed by atoms with Gasteiger partial charge in [0.15, 0.2) is 5.78 Å². The van der Waals surface area contributed by atoms with Crippen LogP contribution in [0.25, 0.3) is 0 Å². The van der Waals surface area contributed by atoms with Gasteiger partial charge in [-0.1, -0.05) is 49.4 Å². The quantitative estimate of drug-likeness (QED) is 0.711. The summed E-state index contributed by atoms with van der Waals surface area (Å²) in [5.41, 5.74) is 2.88. The summed E-state index contributed by atoms with van der Waals surface area (Å²) in [6.07, 6.45) is 13.9. The highest BCUT2D eigenvalue weighted by Crippen LogP contribution is 2.61.